The SMILES string of the molecule is O=C(O)c1cn(-c2ccccc2Cl)nc1-c1ccccc1. The second-order valence-corrected chi connectivity index (χ2v) is 4.87. The lowest BCUT2D eigenvalue weighted by atomic mass is 10.1. The van der Waals surface area contributed by atoms with Crippen LogP contribution in [0.2, 0.25) is 5.02 Å². The van der Waals surface area contributed by atoms with E-state index in [1.807, 2.05) is 42.5 Å². The number of para-hydroxylation sites is 1. The van der Waals surface area contributed by atoms with Crippen LogP contribution in [0.1, 0.15) is 10.4 Å². The zero-order valence-electron chi connectivity index (χ0n) is 10.9. The summed E-state index contributed by atoms with van der Waals surface area (Å²) >= 11 is 6.14. The summed E-state index contributed by atoms with van der Waals surface area (Å²) in [5.74, 6) is -1.02. The van der Waals surface area contributed by atoms with Gasteiger partial charge in [-0.2, -0.15) is 5.10 Å². The van der Waals surface area contributed by atoms with Crippen molar-refractivity contribution in [2.45, 2.75) is 0 Å². The fourth-order valence-corrected chi connectivity index (χ4v) is 2.32. The predicted molar refractivity (Wildman–Crippen MR) is 81.0 cm³/mol. The number of rotatable bonds is 3. The van der Waals surface area contributed by atoms with Crippen LogP contribution in [0.3, 0.4) is 0 Å². The van der Waals surface area contributed by atoms with Gasteiger partial charge >= 0.3 is 5.97 Å². The molecular formula is C16H11ClN2O2. The van der Waals surface area contributed by atoms with Gasteiger partial charge < -0.3 is 5.11 Å². The number of aromatic nitrogens is 2. The second-order valence-electron chi connectivity index (χ2n) is 4.46. The normalized spacial score (nSPS) is 10.5. The van der Waals surface area contributed by atoms with Gasteiger partial charge in [0.2, 0.25) is 0 Å². The molecule has 0 aliphatic rings. The molecule has 0 fully saturated rings. The molecule has 0 saturated heterocycles. The third kappa shape index (κ3) is 2.53. The van der Waals surface area contributed by atoms with Crippen molar-refractivity contribution >= 4 is 17.6 Å². The van der Waals surface area contributed by atoms with Gasteiger partial charge in [0, 0.05) is 11.8 Å². The Morgan fingerprint density at radius 1 is 1.05 bits per heavy atom. The molecule has 0 aliphatic heterocycles. The van der Waals surface area contributed by atoms with Crippen LogP contribution < -0.4 is 0 Å². The van der Waals surface area contributed by atoms with Crippen molar-refractivity contribution < 1.29 is 9.90 Å². The van der Waals surface area contributed by atoms with Crippen molar-refractivity contribution in [3.05, 3.63) is 71.4 Å². The zero-order chi connectivity index (χ0) is 14.8. The second kappa shape index (κ2) is 5.42. The Bertz CT molecular complexity index is 797. The summed E-state index contributed by atoms with van der Waals surface area (Å²) in [5, 5.41) is 14.3. The topological polar surface area (TPSA) is 55.1 Å². The van der Waals surface area contributed by atoms with Crippen LogP contribution in [0.15, 0.2) is 60.8 Å². The van der Waals surface area contributed by atoms with E-state index in [1.54, 1.807) is 12.1 Å². The highest BCUT2D eigenvalue weighted by Gasteiger charge is 2.18. The average Bonchev–Trinajstić information content (AvgIpc) is 2.94. The van der Waals surface area contributed by atoms with Crippen LogP contribution >= 0.6 is 11.6 Å². The minimum absolute atomic E-state index is 0.140. The average molecular weight is 299 g/mol. The Morgan fingerprint density at radius 3 is 2.38 bits per heavy atom. The van der Waals surface area contributed by atoms with E-state index >= 15 is 0 Å². The lowest BCUT2D eigenvalue weighted by Gasteiger charge is -2.03. The first-order valence-corrected chi connectivity index (χ1v) is 6.68. The molecule has 1 N–H and O–H groups in total. The monoisotopic (exact) mass is 298 g/mol. The van der Waals surface area contributed by atoms with Crippen LogP contribution in [0.5, 0.6) is 0 Å². The summed E-state index contributed by atoms with van der Waals surface area (Å²) in [6, 6.07) is 16.4. The minimum atomic E-state index is -1.02. The molecule has 0 unspecified atom stereocenters. The number of hydrogen-bond acceptors (Lipinski definition) is 2. The Morgan fingerprint density at radius 2 is 1.71 bits per heavy atom. The Hall–Kier alpha value is -2.59. The van der Waals surface area contributed by atoms with Gasteiger partial charge in [-0.1, -0.05) is 54.1 Å². The number of hydrogen-bond donors (Lipinski definition) is 1. The van der Waals surface area contributed by atoms with Crippen molar-refractivity contribution in [2.75, 3.05) is 0 Å². The van der Waals surface area contributed by atoms with Crippen LogP contribution in [0, 0.1) is 0 Å². The molecule has 104 valence electrons. The highest BCUT2D eigenvalue weighted by molar-refractivity contribution is 6.32. The van der Waals surface area contributed by atoms with Gasteiger partial charge in [0.1, 0.15) is 11.3 Å². The number of aromatic carboxylic acids is 1. The third-order valence-corrected chi connectivity index (χ3v) is 3.41. The molecule has 1 aromatic heterocycles. The molecule has 5 heteroatoms. The van der Waals surface area contributed by atoms with Crippen molar-refractivity contribution in [1.29, 1.82) is 0 Å². The number of carbonyl (C=O) groups is 1. The Kier molecular flexibility index (Phi) is 3.46. The van der Waals surface area contributed by atoms with Gasteiger partial charge in [-0.15, -0.1) is 0 Å². The predicted octanol–water partition coefficient (Wildman–Crippen LogP) is 3.89. The van der Waals surface area contributed by atoms with Gasteiger partial charge in [-0.05, 0) is 12.1 Å². The molecule has 0 atom stereocenters. The molecule has 0 radical (unpaired) electrons. The first-order valence-electron chi connectivity index (χ1n) is 6.30. The summed E-state index contributed by atoms with van der Waals surface area (Å²) < 4.78 is 1.49. The van der Waals surface area contributed by atoms with Gasteiger partial charge in [0.05, 0.1) is 10.7 Å². The first-order chi connectivity index (χ1) is 10.2. The standard InChI is InChI=1S/C16H11ClN2O2/c17-13-8-4-5-9-14(13)19-10-12(16(20)21)15(18-19)11-6-2-1-3-7-11/h1-10H,(H,20,21). The molecule has 3 aromatic rings. The Balaban J connectivity index is 2.18. The molecule has 4 nitrogen and oxygen atoms in total. The van der Waals surface area contributed by atoms with Gasteiger partial charge in [-0.3, -0.25) is 0 Å². The van der Waals surface area contributed by atoms with E-state index < -0.39 is 5.97 Å². The van der Waals surface area contributed by atoms with Crippen LogP contribution in [0.4, 0.5) is 0 Å². The first kappa shape index (κ1) is 13.4. The fraction of sp³-hybridized carbons (Fsp3) is 0. The highest BCUT2D eigenvalue weighted by Crippen LogP contribution is 2.26. The lowest BCUT2D eigenvalue weighted by molar-refractivity contribution is 0.0697. The largest absolute Gasteiger partial charge is 0.478 e. The number of benzene rings is 2. The molecule has 3 rings (SSSR count). The van der Waals surface area contributed by atoms with E-state index in [1.165, 1.54) is 10.9 Å². The van der Waals surface area contributed by atoms with Crippen molar-refractivity contribution in [3.63, 3.8) is 0 Å². The van der Waals surface area contributed by atoms with Crippen molar-refractivity contribution in [1.82, 2.24) is 9.78 Å². The maximum atomic E-state index is 11.4. The maximum Gasteiger partial charge on any atom is 0.339 e. The van der Waals surface area contributed by atoms with E-state index in [4.69, 9.17) is 11.6 Å². The third-order valence-electron chi connectivity index (χ3n) is 3.09. The van der Waals surface area contributed by atoms with Crippen molar-refractivity contribution in [3.8, 4) is 16.9 Å². The van der Waals surface area contributed by atoms with Crippen LogP contribution in [0.25, 0.3) is 16.9 Å². The summed E-state index contributed by atoms with van der Waals surface area (Å²) in [5.41, 5.74) is 1.95. The molecule has 0 spiro atoms. The van der Waals surface area contributed by atoms with E-state index in [2.05, 4.69) is 5.10 Å². The quantitative estimate of drug-likeness (QED) is 0.798. The molecule has 0 aliphatic carbocycles. The number of carboxylic acid groups (broad SMARTS) is 1. The highest BCUT2D eigenvalue weighted by atomic mass is 35.5. The fourth-order valence-electron chi connectivity index (χ4n) is 2.10. The Labute approximate surface area is 126 Å². The minimum Gasteiger partial charge on any atom is -0.478 e. The summed E-state index contributed by atoms with van der Waals surface area (Å²) in [6.45, 7) is 0. The van der Waals surface area contributed by atoms with Gasteiger partial charge in [0.25, 0.3) is 0 Å². The lowest BCUT2D eigenvalue weighted by Crippen LogP contribution is -1.96. The maximum absolute atomic E-state index is 11.4. The molecule has 1 heterocycles. The van der Waals surface area contributed by atoms with E-state index in [0.29, 0.717) is 16.4 Å². The summed E-state index contributed by atoms with van der Waals surface area (Å²) in [7, 11) is 0. The molecular weight excluding hydrogens is 288 g/mol. The molecule has 2 aromatic carbocycles. The van der Waals surface area contributed by atoms with Crippen LogP contribution in [-0.2, 0) is 0 Å². The number of carboxylic acids is 1. The van der Waals surface area contributed by atoms with E-state index in [9.17, 15) is 9.90 Å². The molecule has 0 saturated carbocycles. The molecule has 21 heavy (non-hydrogen) atoms. The van der Waals surface area contributed by atoms with Crippen molar-refractivity contribution in [2.24, 2.45) is 0 Å². The summed E-state index contributed by atoms with van der Waals surface area (Å²) in [6.07, 6.45) is 1.48. The molecule has 0 amide bonds. The number of halogens is 1. The van der Waals surface area contributed by atoms with Gasteiger partial charge in [-0.25, -0.2) is 9.48 Å². The zero-order valence-corrected chi connectivity index (χ0v) is 11.7. The van der Waals surface area contributed by atoms with Gasteiger partial charge in [0.15, 0.2) is 0 Å². The van der Waals surface area contributed by atoms with E-state index in [-0.39, 0.29) is 5.56 Å². The molecule has 0 bridgehead atoms. The van der Waals surface area contributed by atoms with Crippen LogP contribution in [-0.4, -0.2) is 20.9 Å². The van der Waals surface area contributed by atoms with E-state index in [0.717, 1.165) is 5.56 Å². The smallest absolute Gasteiger partial charge is 0.339 e. The summed E-state index contributed by atoms with van der Waals surface area (Å²) in [4.78, 5) is 11.4. The number of nitrogens with zero attached hydrogens (tertiary/aromatic N) is 2.